The van der Waals surface area contributed by atoms with Crippen molar-refractivity contribution >= 4 is 34.4 Å². The molecule has 5 heteroatoms. The molecular formula is C22H14O3S2. The number of rotatable bonds is 5. The Labute approximate surface area is 164 Å². The summed E-state index contributed by atoms with van der Waals surface area (Å²) in [6.45, 7) is 0. The number of ketones is 1. The van der Waals surface area contributed by atoms with Crippen LogP contribution >= 0.6 is 22.7 Å². The van der Waals surface area contributed by atoms with Gasteiger partial charge in [-0.15, -0.1) is 22.7 Å². The SMILES string of the molecule is O=C(c1ccccc1)c1ccc(OC(=O)c2ccsc2-c2cccs2)cc1. The summed E-state index contributed by atoms with van der Waals surface area (Å²) in [7, 11) is 0. The second-order valence-corrected chi connectivity index (χ2v) is 7.61. The van der Waals surface area contributed by atoms with Crippen LogP contribution in [0, 0.1) is 0 Å². The summed E-state index contributed by atoms with van der Waals surface area (Å²) in [5, 5.41) is 3.86. The largest absolute Gasteiger partial charge is 0.423 e. The van der Waals surface area contributed by atoms with Crippen LogP contribution in [-0.2, 0) is 0 Å². The number of hydrogen-bond donors (Lipinski definition) is 0. The Hall–Kier alpha value is -3.02. The highest BCUT2D eigenvalue weighted by Crippen LogP contribution is 2.33. The molecule has 0 bridgehead atoms. The topological polar surface area (TPSA) is 43.4 Å². The van der Waals surface area contributed by atoms with Crippen molar-refractivity contribution in [3.63, 3.8) is 0 Å². The van der Waals surface area contributed by atoms with E-state index in [0.717, 1.165) is 9.75 Å². The molecule has 0 saturated heterocycles. The van der Waals surface area contributed by atoms with E-state index in [9.17, 15) is 9.59 Å². The normalized spacial score (nSPS) is 10.5. The highest BCUT2D eigenvalue weighted by Gasteiger charge is 2.17. The molecule has 0 N–H and O–H groups in total. The lowest BCUT2D eigenvalue weighted by Crippen LogP contribution is -2.08. The van der Waals surface area contributed by atoms with Crippen molar-refractivity contribution in [3.8, 4) is 15.5 Å². The molecule has 4 rings (SSSR count). The lowest BCUT2D eigenvalue weighted by molar-refractivity contribution is 0.0736. The van der Waals surface area contributed by atoms with Gasteiger partial charge in [-0.2, -0.15) is 0 Å². The zero-order chi connectivity index (χ0) is 18.6. The van der Waals surface area contributed by atoms with Gasteiger partial charge >= 0.3 is 5.97 Å². The smallest absolute Gasteiger partial charge is 0.345 e. The number of benzene rings is 2. The maximum Gasteiger partial charge on any atom is 0.345 e. The quantitative estimate of drug-likeness (QED) is 0.241. The van der Waals surface area contributed by atoms with E-state index in [1.165, 1.54) is 11.3 Å². The van der Waals surface area contributed by atoms with E-state index < -0.39 is 5.97 Å². The first kappa shape index (κ1) is 17.4. The van der Waals surface area contributed by atoms with E-state index in [4.69, 9.17) is 4.74 Å². The fourth-order valence-electron chi connectivity index (χ4n) is 2.66. The molecule has 2 aromatic heterocycles. The summed E-state index contributed by atoms with van der Waals surface area (Å²) in [5.41, 5.74) is 1.73. The standard InChI is InChI=1S/C22H14O3S2/c23-20(15-5-2-1-3-6-15)16-8-10-17(11-9-16)25-22(24)18-12-14-27-21(18)19-7-4-13-26-19/h1-14H. The van der Waals surface area contributed by atoms with Crippen LogP contribution in [0.4, 0.5) is 0 Å². The predicted octanol–water partition coefficient (Wildman–Crippen LogP) is 5.93. The minimum atomic E-state index is -0.401. The number of carbonyl (C=O) groups is 2. The van der Waals surface area contributed by atoms with Gasteiger partial charge in [0.05, 0.1) is 10.4 Å². The van der Waals surface area contributed by atoms with Gasteiger partial charge in [-0.3, -0.25) is 4.79 Å². The average molecular weight is 390 g/mol. The molecule has 0 fully saturated rings. The maximum atomic E-state index is 12.6. The van der Waals surface area contributed by atoms with Crippen LogP contribution in [0.25, 0.3) is 9.75 Å². The van der Waals surface area contributed by atoms with E-state index in [2.05, 4.69) is 0 Å². The Kier molecular flexibility index (Phi) is 4.96. The lowest BCUT2D eigenvalue weighted by atomic mass is 10.0. The zero-order valence-electron chi connectivity index (χ0n) is 14.1. The van der Waals surface area contributed by atoms with E-state index in [1.807, 2.05) is 41.1 Å². The van der Waals surface area contributed by atoms with Gasteiger partial charge in [0.15, 0.2) is 5.78 Å². The third kappa shape index (κ3) is 3.74. The molecule has 2 heterocycles. The molecular weight excluding hydrogens is 376 g/mol. The fourth-order valence-corrected chi connectivity index (χ4v) is 4.43. The highest BCUT2D eigenvalue weighted by atomic mass is 32.1. The second-order valence-electron chi connectivity index (χ2n) is 5.75. The summed E-state index contributed by atoms with van der Waals surface area (Å²) in [6.07, 6.45) is 0. The van der Waals surface area contributed by atoms with Crippen molar-refractivity contribution in [2.45, 2.75) is 0 Å². The first-order chi connectivity index (χ1) is 13.2. The molecule has 0 atom stereocenters. The molecule has 0 radical (unpaired) electrons. The Morgan fingerprint density at radius 1 is 0.704 bits per heavy atom. The lowest BCUT2D eigenvalue weighted by Gasteiger charge is -2.06. The van der Waals surface area contributed by atoms with Crippen LogP contribution in [0.15, 0.2) is 83.6 Å². The van der Waals surface area contributed by atoms with Gasteiger partial charge < -0.3 is 4.74 Å². The Bertz CT molecular complexity index is 1060. The minimum Gasteiger partial charge on any atom is -0.423 e. The minimum absolute atomic E-state index is 0.0636. The molecule has 2 aromatic carbocycles. The molecule has 0 saturated carbocycles. The molecule has 0 aliphatic carbocycles. The van der Waals surface area contributed by atoms with Crippen LogP contribution in [0.3, 0.4) is 0 Å². The number of esters is 1. The van der Waals surface area contributed by atoms with Gasteiger partial charge in [-0.25, -0.2) is 4.79 Å². The van der Waals surface area contributed by atoms with Crippen molar-refractivity contribution in [1.29, 1.82) is 0 Å². The zero-order valence-corrected chi connectivity index (χ0v) is 15.8. The van der Waals surface area contributed by atoms with Crippen molar-refractivity contribution in [2.24, 2.45) is 0 Å². The summed E-state index contributed by atoms with van der Waals surface area (Å²) >= 11 is 3.10. The number of ether oxygens (including phenoxy) is 1. The van der Waals surface area contributed by atoms with Gasteiger partial charge in [0.25, 0.3) is 0 Å². The van der Waals surface area contributed by atoms with E-state index >= 15 is 0 Å². The molecule has 3 nitrogen and oxygen atoms in total. The monoisotopic (exact) mass is 390 g/mol. The second kappa shape index (κ2) is 7.70. The van der Waals surface area contributed by atoms with Crippen LogP contribution in [0.2, 0.25) is 0 Å². The molecule has 0 spiro atoms. The third-order valence-corrected chi connectivity index (χ3v) is 5.96. The number of hydrogen-bond acceptors (Lipinski definition) is 5. The predicted molar refractivity (Wildman–Crippen MR) is 109 cm³/mol. The van der Waals surface area contributed by atoms with Crippen molar-refractivity contribution in [3.05, 3.63) is 100 Å². The average Bonchev–Trinajstić information content (AvgIpc) is 3.40. The van der Waals surface area contributed by atoms with Crippen molar-refractivity contribution in [1.82, 2.24) is 0 Å². The first-order valence-electron chi connectivity index (χ1n) is 8.26. The van der Waals surface area contributed by atoms with E-state index in [1.54, 1.807) is 53.8 Å². The number of thiophene rings is 2. The maximum absolute atomic E-state index is 12.6. The Morgan fingerprint density at radius 2 is 1.44 bits per heavy atom. The molecule has 0 aliphatic rings. The van der Waals surface area contributed by atoms with Gasteiger partial charge in [-0.1, -0.05) is 36.4 Å². The molecule has 0 amide bonds. The van der Waals surface area contributed by atoms with Crippen LogP contribution in [0.1, 0.15) is 26.3 Å². The number of carbonyl (C=O) groups excluding carboxylic acids is 2. The van der Waals surface area contributed by atoms with Gasteiger partial charge in [0.1, 0.15) is 5.75 Å². The molecule has 27 heavy (non-hydrogen) atoms. The van der Waals surface area contributed by atoms with Gasteiger partial charge in [0, 0.05) is 16.0 Å². The Morgan fingerprint density at radius 3 is 2.15 bits per heavy atom. The molecule has 0 unspecified atom stereocenters. The molecule has 132 valence electrons. The molecule has 0 aliphatic heterocycles. The van der Waals surface area contributed by atoms with Crippen LogP contribution < -0.4 is 4.74 Å². The van der Waals surface area contributed by atoms with Crippen LogP contribution in [0.5, 0.6) is 5.75 Å². The summed E-state index contributed by atoms with van der Waals surface area (Å²) < 4.78 is 5.50. The molecule has 4 aromatic rings. The van der Waals surface area contributed by atoms with Crippen molar-refractivity contribution < 1.29 is 14.3 Å². The van der Waals surface area contributed by atoms with Gasteiger partial charge in [-0.05, 0) is 47.2 Å². The third-order valence-electron chi connectivity index (χ3n) is 3.99. The van der Waals surface area contributed by atoms with E-state index in [-0.39, 0.29) is 5.78 Å². The van der Waals surface area contributed by atoms with E-state index in [0.29, 0.717) is 22.4 Å². The summed E-state index contributed by atoms with van der Waals surface area (Å²) in [4.78, 5) is 26.9. The summed E-state index contributed by atoms with van der Waals surface area (Å²) in [5.74, 6) is -0.0546. The summed E-state index contributed by atoms with van der Waals surface area (Å²) in [6, 6.07) is 21.4. The Balaban J connectivity index is 1.50. The highest BCUT2D eigenvalue weighted by molar-refractivity contribution is 7.20. The van der Waals surface area contributed by atoms with Gasteiger partial charge in [0.2, 0.25) is 0 Å². The van der Waals surface area contributed by atoms with Crippen LogP contribution in [-0.4, -0.2) is 11.8 Å². The fraction of sp³-hybridized carbons (Fsp3) is 0. The first-order valence-corrected chi connectivity index (χ1v) is 10.0. The van der Waals surface area contributed by atoms with Crippen molar-refractivity contribution in [2.75, 3.05) is 0 Å².